The number of ether oxygens (including phenoxy) is 6. The Hall–Kier alpha value is -2.79. The Bertz CT molecular complexity index is 2060. The smallest absolute Gasteiger partial charge is 0.364 e. The molecule has 0 bridgehead atoms. The minimum absolute atomic E-state index is 0.220. The van der Waals surface area contributed by atoms with E-state index in [4.69, 9.17) is 28.4 Å². The molecule has 0 aromatic rings. The molecule has 2 amide bonds. The number of amides is 2. The summed E-state index contributed by atoms with van der Waals surface area (Å²) in [5, 5.41) is 136. The number of unbranched alkanes of at least 4 members (excludes halogenated alkanes) is 37. The first-order valence-electron chi connectivity index (χ1n) is 38.7. The van der Waals surface area contributed by atoms with Crippen LogP contribution in [0.3, 0.4) is 0 Å². The summed E-state index contributed by atoms with van der Waals surface area (Å²) in [4.78, 5) is 38.7. The van der Waals surface area contributed by atoms with Gasteiger partial charge in [-0.15, -0.1) is 0 Å². The van der Waals surface area contributed by atoms with Crippen LogP contribution < -0.4 is 10.6 Å². The summed E-state index contributed by atoms with van der Waals surface area (Å²) in [6, 6.07) is -2.53. The van der Waals surface area contributed by atoms with Crippen LogP contribution >= 0.6 is 0 Å². The third-order valence-electron chi connectivity index (χ3n) is 19.7. The Kier molecular flexibility index (Phi) is 50.0. The summed E-state index contributed by atoms with van der Waals surface area (Å²) >= 11 is 0. The molecule has 23 heteroatoms. The molecule has 574 valence electrons. The summed E-state index contributed by atoms with van der Waals surface area (Å²) < 4.78 is 34.9. The lowest BCUT2D eigenvalue weighted by Crippen LogP contribution is -2.70. The Morgan fingerprint density at radius 1 is 0.531 bits per heavy atom. The number of carboxylic acids is 1. The van der Waals surface area contributed by atoms with E-state index in [1.54, 1.807) is 0 Å². The monoisotopic (exact) mass is 1400 g/mol. The van der Waals surface area contributed by atoms with Gasteiger partial charge in [-0.3, -0.25) is 9.59 Å². The van der Waals surface area contributed by atoms with Crippen molar-refractivity contribution >= 4 is 17.8 Å². The molecule has 0 radical (unpaired) electrons. The summed E-state index contributed by atoms with van der Waals surface area (Å²) in [7, 11) is 0. The van der Waals surface area contributed by atoms with Crippen molar-refractivity contribution in [3.63, 3.8) is 0 Å². The number of aliphatic hydroxyl groups is 11. The predicted molar refractivity (Wildman–Crippen MR) is 375 cm³/mol. The average molecular weight is 1400 g/mol. The maximum Gasteiger partial charge on any atom is 0.364 e. The van der Waals surface area contributed by atoms with E-state index < -0.39 is 148 Å². The molecular weight excluding hydrogens is 1260 g/mol. The average Bonchev–Trinajstić information content (AvgIpc) is 0.756. The van der Waals surface area contributed by atoms with Crippen molar-refractivity contribution in [2.75, 3.05) is 26.4 Å². The summed E-state index contributed by atoms with van der Waals surface area (Å²) in [5.74, 6) is -6.10. The van der Waals surface area contributed by atoms with Gasteiger partial charge in [0.1, 0.15) is 67.1 Å². The molecule has 3 saturated heterocycles. The predicted octanol–water partition coefficient (Wildman–Crippen LogP) is 9.18. The summed E-state index contributed by atoms with van der Waals surface area (Å²) in [6.07, 6.45) is 28.8. The fraction of sp³-hybridized carbons (Fsp3) is 0.907. The Morgan fingerprint density at radius 3 is 1.43 bits per heavy atom. The molecule has 0 spiro atoms. The van der Waals surface area contributed by atoms with Gasteiger partial charge < -0.3 is 100 Å². The number of hydrogen-bond acceptors (Lipinski definition) is 20. The molecule has 3 aliphatic rings. The topological polar surface area (TPSA) is 373 Å². The number of carbonyl (C=O) groups excluding carboxylic acids is 2. The largest absolute Gasteiger partial charge is 0.477 e. The second kappa shape index (κ2) is 54.8. The van der Waals surface area contributed by atoms with Gasteiger partial charge in [-0.05, 0) is 38.5 Å². The van der Waals surface area contributed by atoms with E-state index in [0.717, 1.165) is 71.1 Å². The SMILES string of the molecule is CCCCC/C=C\C=C/CCCCCCCCCCCCC(=O)NC(COC1OC(CO)C(OC2OC(CO)C(O)C(OC3(C(=O)O)CC(O)C(NC(C)=O)C(C(O)C(O)CO)O3)C2O)C(O)C1O)C(O)CCCCCCCCCCCCCCCCCCCCCCCCCCC. The third-order valence-corrected chi connectivity index (χ3v) is 19.7. The molecule has 0 aromatic heterocycles. The molecule has 0 aromatic carbocycles. The molecule has 14 N–H and O–H groups in total. The first-order valence-corrected chi connectivity index (χ1v) is 38.7. The van der Waals surface area contributed by atoms with Gasteiger partial charge in [0.15, 0.2) is 12.6 Å². The molecule has 0 saturated carbocycles. The minimum atomic E-state index is -3.08. The van der Waals surface area contributed by atoms with Crippen LogP contribution in [0.4, 0.5) is 0 Å². The van der Waals surface area contributed by atoms with Crippen molar-refractivity contribution in [1.29, 1.82) is 0 Å². The van der Waals surface area contributed by atoms with Gasteiger partial charge in [-0.1, -0.05) is 263 Å². The van der Waals surface area contributed by atoms with Crippen molar-refractivity contribution in [1.82, 2.24) is 10.6 Å². The lowest BCUT2D eigenvalue weighted by Gasteiger charge is -2.50. The minimum Gasteiger partial charge on any atom is -0.477 e. The standard InChI is InChI=1S/C75H138N2O21/c1-4-6-8-10-12-14-16-18-20-22-24-25-26-27-28-29-31-32-34-36-38-40-42-44-46-48-57(82)56(77-62(85)49-47-45-43-41-39-37-35-33-30-23-21-19-17-15-13-11-9-7-5-2)54-93-72-67(89)66(88)69(61(53-80)95-72)96-73-68(90)71(65(87)60(52-79)94-73)98-75(74(91)92)50-58(83)63(76-55(3)81)70(97-75)64(86)59(84)51-78/h13,15,17,19,56-61,63-73,78-80,82-84,86-90H,4-12,14,16,18,20-54H2,1-3H3,(H,76,81)(H,77,85)(H,91,92)/b15-13-,19-17-. The van der Waals surface area contributed by atoms with Crippen LogP contribution in [0.15, 0.2) is 24.3 Å². The molecule has 3 rings (SSSR count). The zero-order valence-electron chi connectivity index (χ0n) is 60.4. The molecule has 3 aliphatic heterocycles. The fourth-order valence-electron chi connectivity index (χ4n) is 13.5. The zero-order chi connectivity index (χ0) is 71.8. The Labute approximate surface area is 587 Å². The van der Waals surface area contributed by atoms with E-state index in [9.17, 15) is 75.7 Å². The maximum atomic E-state index is 13.5. The van der Waals surface area contributed by atoms with E-state index in [-0.39, 0.29) is 18.9 Å². The molecule has 18 atom stereocenters. The number of aliphatic hydroxyl groups excluding tert-OH is 11. The first-order chi connectivity index (χ1) is 47.4. The number of hydrogen-bond donors (Lipinski definition) is 14. The van der Waals surface area contributed by atoms with Gasteiger partial charge in [0, 0.05) is 19.8 Å². The van der Waals surface area contributed by atoms with Crippen LogP contribution in [0.5, 0.6) is 0 Å². The fourth-order valence-corrected chi connectivity index (χ4v) is 13.5. The highest BCUT2D eigenvalue weighted by Crippen LogP contribution is 2.39. The lowest BCUT2D eigenvalue weighted by molar-refractivity contribution is -0.386. The zero-order valence-corrected chi connectivity index (χ0v) is 60.4. The Morgan fingerprint density at radius 2 is 0.969 bits per heavy atom. The van der Waals surface area contributed by atoms with Crippen molar-refractivity contribution in [3.8, 4) is 0 Å². The normalized spacial score (nSPS) is 27.3. The highest BCUT2D eigenvalue weighted by Gasteiger charge is 2.60. The molecule has 0 aliphatic carbocycles. The van der Waals surface area contributed by atoms with Crippen LogP contribution in [0, 0.1) is 0 Å². The van der Waals surface area contributed by atoms with Crippen LogP contribution in [0.2, 0.25) is 0 Å². The molecule has 98 heavy (non-hydrogen) atoms. The Balaban J connectivity index is 1.54. The highest BCUT2D eigenvalue weighted by atomic mass is 16.8. The van der Waals surface area contributed by atoms with E-state index >= 15 is 0 Å². The van der Waals surface area contributed by atoms with Gasteiger partial charge in [0.25, 0.3) is 5.79 Å². The molecule has 3 fully saturated rings. The van der Waals surface area contributed by atoms with E-state index in [2.05, 4.69) is 48.8 Å². The number of aliphatic carboxylic acids is 1. The third kappa shape index (κ3) is 35.6. The van der Waals surface area contributed by atoms with Crippen LogP contribution in [0.25, 0.3) is 0 Å². The number of rotatable bonds is 60. The van der Waals surface area contributed by atoms with Crippen molar-refractivity contribution in [2.24, 2.45) is 0 Å². The van der Waals surface area contributed by atoms with Crippen LogP contribution in [0.1, 0.15) is 297 Å². The number of carbonyl (C=O) groups is 3. The highest BCUT2D eigenvalue weighted by molar-refractivity contribution is 5.77. The van der Waals surface area contributed by atoms with E-state index in [0.29, 0.717) is 19.3 Å². The van der Waals surface area contributed by atoms with Crippen molar-refractivity contribution < 1.29 is 104 Å². The summed E-state index contributed by atoms with van der Waals surface area (Å²) in [5.41, 5.74) is 0. The molecule has 23 nitrogen and oxygen atoms in total. The van der Waals surface area contributed by atoms with Crippen LogP contribution in [-0.4, -0.2) is 215 Å². The van der Waals surface area contributed by atoms with E-state index in [1.165, 1.54) is 180 Å². The van der Waals surface area contributed by atoms with Gasteiger partial charge >= 0.3 is 5.97 Å². The van der Waals surface area contributed by atoms with E-state index in [1.807, 2.05) is 0 Å². The number of carboxylic acid groups (broad SMARTS) is 1. The number of nitrogens with one attached hydrogen (secondary N) is 2. The second-order valence-electron chi connectivity index (χ2n) is 28.3. The van der Waals surface area contributed by atoms with Crippen LogP contribution in [-0.2, 0) is 42.8 Å². The molecule has 3 heterocycles. The van der Waals surface area contributed by atoms with Crippen molar-refractivity contribution in [2.45, 2.75) is 407 Å². The van der Waals surface area contributed by atoms with Gasteiger partial charge in [-0.2, -0.15) is 0 Å². The van der Waals surface area contributed by atoms with Gasteiger partial charge in [0.2, 0.25) is 11.8 Å². The second-order valence-corrected chi connectivity index (χ2v) is 28.3. The first kappa shape index (κ1) is 89.4. The number of allylic oxidation sites excluding steroid dienone is 4. The quantitative estimate of drug-likeness (QED) is 0.0199. The molecule has 18 unspecified atom stereocenters. The van der Waals surface area contributed by atoms with Gasteiger partial charge in [0.05, 0.1) is 50.7 Å². The van der Waals surface area contributed by atoms with Crippen molar-refractivity contribution in [3.05, 3.63) is 24.3 Å². The molecular formula is C75H138N2O21. The van der Waals surface area contributed by atoms with Gasteiger partial charge in [-0.25, -0.2) is 4.79 Å². The summed E-state index contributed by atoms with van der Waals surface area (Å²) in [6.45, 7) is 2.21. The lowest BCUT2D eigenvalue weighted by atomic mass is 9.88. The maximum absolute atomic E-state index is 13.5.